The largest absolute Gasteiger partial charge is 0.428 e. The van der Waals surface area contributed by atoms with Gasteiger partial charge < -0.3 is 4.74 Å². The van der Waals surface area contributed by atoms with Crippen LogP contribution in [0.1, 0.15) is 41.0 Å². The van der Waals surface area contributed by atoms with Gasteiger partial charge in [0, 0.05) is 23.1 Å². The van der Waals surface area contributed by atoms with Gasteiger partial charge in [-0.3, -0.25) is 4.90 Å². The van der Waals surface area contributed by atoms with Gasteiger partial charge in [-0.15, -0.1) is 0 Å². The summed E-state index contributed by atoms with van der Waals surface area (Å²) < 4.78 is 5.37. The number of hydrogen-bond donors (Lipinski definition) is 0. The molecule has 0 radical (unpaired) electrons. The van der Waals surface area contributed by atoms with Crippen molar-refractivity contribution in [1.29, 1.82) is 0 Å². The predicted octanol–water partition coefficient (Wildman–Crippen LogP) is 2.88. The van der Waals surface area contributed by atoms with E-state index in [-0.39, 0.29) is 17.0 Å². The molecule has 0 unspecified atom stereocenters. The van der Waals surface area contributed by atoms with Crippen LogP contribution >= 0.6 is 0 Å². The van der Waals surface area contributed by atoms with Crippen molar-refractivity contribution in [2.24, 2.45) is 0 Å². The number of likely N-dealkylation sites (N-methyl/N-ethyl adjacent to an activating group) is 1. The highest BCUT2D eigenvalue weighted by Crippen LogP contribution is 2.36. The van der Waals surface area contributed by atoms with E-state index in [1.165, 1.54) is 0 Å². The Hall–Kier alpha value is -1.09. The molecule has 0 aromatic rings. The number of carbonyl (C=O) groups is 1. The Morgan fingerprint density at radius 3 is 2.35 bits per heavy atom. The lowest BCUT2D eigenvalue weighted by atomic mass is 9.85. The van der Waals surface area contributed by atoms with Gasteiger partial charge >= 0.3 is 5.97 Å². The Morgan fingerprint density at radius 2 is 1.94 bits per heavy atom. The predicted molar refractivity (Wildman–Crippen MR) is 69.5 cm³/mol. The number of ether oxygens (including phenoxy) is 1. The van der Waals surface area contributed by atoms with Crippen LogP contribution < -0.4 is 0 Å². The van der Waals surface area contributed by atoms with E-state index in [9.17, 15) is 4.79 Å². The first-order valence-corrected chi connectivity index (χ1v) is 5.89. The molecule has 0 saturated heterocycles. The number of rotatable bonds is 2. The highest BCUT2D eigenvalue weighted by atomic mass is 16.5. The molecule has 17 heavy (non-hydrogen) atoms. The molecule has 0 N–H and O–H groups in total. The van der Waals surface area contributed by atoms with E-state index in [0.29, 0.717) is 5.57 Å². The van der Waals surface area contributed by atoms with Crippen LogP contribution in [0.2, 0.25) is 0 Å². The highest BCUT2D eigenvalue weighted by Gasteiger charge is 2.39. The third kappa shape index (κ3) is 2.97. The molecule has 1 rings (SSSR count). The zero-order chi connectivity index (χ0) is 13.4. The highest BCUT2D eigenvalue weighted by molar-refractivity contribution is 5.87. The number of nitrogens with zero attached hydrogens (tertiary/aromatic N) is 1. The number of esters is 1. The molecular weight excluding hydrogens is 214 g/mol. The van der Waals surface area contributed by atoms with Crippen LogP contribution in [0.15, 0.2) is 24.0 Å². The van der Waals surface area contributed by atoms with Gasteiger partial charge in [0.05, 0.1) is 0 Å². The monoisotopic (exact) mass is 237 g/mol. The third-order valence-corrected chi connectivity index (χ3v) is 3.47. The van der Waals surface area contributed by atoms with Crippen LogP contribution in [0.25, 0.3) is 0 Å². The summed E-state index contributed by atoms with van der Waals surface area (Å²) in [5, 5.41) is 0. The average Bonchev–Trinajstić information content (AvgIpc) is 2.12. The van der Waals surface area contributed by atoms with Gasteiger partial charge in [-0.2, -0.15) is 0 Å². The standard InChI is InChI=1S/C14H23NO2/c1-10(2)12(16)17-11-8-13(3,4)15(7)14(5,6)9-11/h8H,1,9H2,2-7H3. The molecule has 0 bridgehead atoms. The summed E-state index contributed by atoms with van der Waals surface area (Å²) in [5.41, 5.74) is 0.287. The minimum atomic E-state index is -0.340. The van der Waals surface area contributed by atoms with Gasteiger partial charge in [0.15, 0.2) is 0 Å². The summed E-state index contributed by atoms with van der Waals surface area (Å²) in [6.07, 6.45) is 2.74. The van der Waals surface area contributed by atoms with Gasteiger partial charge in [-0.25, -0.2) is 4.79 Å². The number of carbonyl (C=O) groups excluding carboxylic acids is 1. The molecule has 0 atom stereocenters. The zero-order valence-corrected chi connectivity index (χ0v) is 11.8. The molecule has 0 aromatic heterocycles. The summed E-state index contributed by atoms with van der Waals surface area (Å²) >= 11 is 0. The van der Waals surface area contributed by atoms with E-state index in [4.69, 9.17) is 4.74 Å². The Kier molecular flexibility index (Phi) is 3.53. The molecule has 1 aliphatic rings. The Bertz CT molecular complexity index is 378. The summed E-state index contributed by atoms with van der Waals surface area (Å²) in [4.78, 5) is 13.8. The molecule has 0 spiro atoms. The molecule has 1 heterocycles. The summed E-state index contributed by atoms with van der Waals surface area (Å²) in [6.45, 7) is 13.8. The molecule has 0 saturated carbocycles. The van der Waals surface area contributed by atoms with Gasteiger partial charge in [-0.1, -0.05) is 6.58 Å². The van der Waals surface area contributed by atoms with Crippen LogP contribution in [0.3, 0.4) is 0 Å². The van der Waals surface area contributed by atoms with Crippen molar-refractivity contribution < 1.29 is 9.53 Å². The van der Waals surface area contributed by atoms with Gasteiger partial charge in [0.1, 0.15) is 5.76 Å². The fraction of sp³-hybridized carbons (Fsp3) is 0.643. The minimum Gasteiger partial charge on any atom is -0.428 e. The maximum absolute atomic E-state index is 11.5. The lowest BCUT2D eigenvalue weighted by Crippen LogP contribution is -2.55. The Morgan fingerprint density at radius 1 is 1.41 bits per heavy atom. The fourth-order valence-electron chi connectivity index (χ4n) is 2.14. The van der Waals surface area contributed by atoms with Crippen LogP contribution in [0.4, 0.5) is 0 Å². The molecule has 3 nitrogen and oxygen atoms in total. The zero-order valence-electron chi connectivity index (χ0n) is 11.8. The van der Waals surface area contributed by atoms with Crippen LogP contribution in [-0.2, 0) is 9.53 Å². The summed E-state index contributed by atoms with van der Waals surface area (Å²) in [6, 6.07) is 0. The van der Waals surface area contributed by atoms with Gasteiger partial charge in [-0.05, 0) is 47.7 Å². The fourth-order valence-corrected chi connectivity index (χ4v) is 2.14. The molecular formula is C14H23NO2. The van der Waals surface area contributed by atoms with Gasteiger partial charge in [0.25, 0.3) is 0 Å². The second-order valence-electron chi connectivity index (χ2n) is 5.98. The minimum absolute atomic E-state index is 0.0249. The second-order valence-corrected chi connectivity index (χ2v) is 5.98. The van der Waals surface area contributed by atoms with Crippen molar-refractivity contribution in [2.75, 3.05) is 7.05 Å². The van der Waals surface area contributed by atoms with Crippen molar-refractivity contribution in [3.8, 4) is 0 Å². The van der Waals surface area contributed by atoms with Crippen LogP contribution in [0, 0.1) is 0 Å². The van der Waals surface area contributed by atoms with E-state index in [2.05, 4.69) is 46.2 Å². The lowest BCUT2D eigenvalue weighted by Gasteiger charge is -2.48. The molecule has 0 aromatic carbocycles. The van der Waals surface area contributed by atoms with Crippen molar-refractivity contribution in [3.63, 3.8) is 0 Å². The number of hydrogen-bond acceptors (Lipinski definition) is 3. The Labute approximate surface area is 104 Å². The first-order chi connectivity index (χ1) is 7.56. The molecule has 3 heteroatoms. The SMILES string of the molecule is C=C(C)C(=O)OC1=CC(C)(C)N(C)C(C)(C)C1. The van der Waals surface area contributed by atoms with E-state index in [1.54, 1.807) is 6.92 Å². The van der Waals surface area contributed by atoms with Gasteiger partial charge in [0.2, 0.25) is 0 Å². The van der Waals surface area contributed by atoms with Crippen molar-refractivity contribution >= 4 is 5.97 Å². The van der Waals surface area contributed by atoms with Crippen molar-refractivity contribution in [3.05, 3.63) is 24.0 Å². The van der Waals surface area contributed by atoms with Crippen LogP contribution in [-0.4, -0.2) is 29.0 Å². The smallest absolute Gasteiger partial charge is 0.338 e. The van der Waals surface area contributed by atoms with Crippen LogP contribution in [0.5, 0.6) is 0 Å². The second kappa shape index (κ2) is 4.30. The first kappa shape index (κ1) is 14.0. The summed E-state index contributed by atoms with van der Waals surface area (Å²) in [7, 11) is 2.09. The molecule has 0 fully saturated rings. The molecule has 96 valence electrons. The molecule has 0 aliphatic carbocycles. The van der Waals surface area contributed by atoms with Crippen molar-refractivity contribution in [2.45, 2.75) is 52.1 Å². The normalized spacial score (nSPS) is 22.8. The van der Waals surface area contributed by atoms with Crippen molar-refractivity contribution in [1.82, 2.24) is 4.90 Å². The maximum atomic E-state index is 11.5. The molecule has 0 amide bonds. The van der Waals surface area contributed by atoms with E-state index in [1.807, 2.05) is 6.08 Å². The summed E-state index contributed by atoms with van der Waals surface area (Å²) in [5.74, 6) is 0.401. The van der Waals surface area contributed by atoms with E-state index in [0.717, 1.165) is 12.2 Å². The maximum Gasteiger partial charge on any atom is 0.338 e. The first-order valence-electron chi connectivity index (χ1n) is 5.89. The molecule has 1 aliphatic heterocycles. The van der Waals surface area contributed by atoms with E-state index < -0.39 is 0 Å². The Balaban J connectivity index is 2.96. The topological polar surface area (TPSA) is 29.5 Å². The van der Waals surface area contributed by atoms with E-state index >= 15 is 0 Å². The third-order valence-electron chi connectivity index (χ3n) is 3.47. The quantitative estimate of drug-likeness (QED) is 0.546. The lowest BCUT2D eigenvalue weighted by molar-refractivity contribution is -0.136. The average molecular weight is 237 g/mol.